The number of methoxy groups -OCH3 is 2. The zero-order valence-corrected chi connectivity index (χ0v) is 19.0. The molecule has 10 heteroatoms. The van der Waals surface area contributed by atoms with Gasteiger partial charge in [0.05, 0.1) is 38.7 Å². The first-order valence-electron chi connectivity index (χ1n) is 9.55. The lowest BCUT2D eigenvalue weighted by Gasteiger charge is -2.44. The second-order valence-corrected chi connectivity index (χ2v) is 7.50. The van der Waals surface area contributed by atoms with Crippen LogP contribution in [0.3, 0.4) is 0 Å². The van der Waals surface area contributed by atoms with Gasteiger partial charge in [-0.3, -0.25) is 9.78 Å². The summed E-state index contributed by atoms with van der Waals surface area (Å²) in [5, 5.41) is 14.4. The van der Waals surface area contributed by atoms with Crippen LogP contribution in [0.1, 0.15) is 18.2 Å². The number of halogens is 2. The zero-order valence-electron chi connectivity index (χ0n) is 17.5. The van der Waals surface area contributed by atoms with Gasteiger partial charge in [0.15, 0.2) is 0 Å². The van der Waals surface area contributed by atoms with E-state index in [0.717, 1.165) is 11.3 Å². The third kappa shape index (κ3) is 4.37. The molecular formula is C21H24Cl2N4O4. The second-order valence-electron chi connectivity index (χ2n) is 6.74. The van der Waals surface area contributed by atoms with Crippen LogP contribution < -0.4 is 24.6 Å². The van der Waals surface area contributed by atoms with Crippen molar-refractivity contribution >= 4 is 40.5 Å². The van der Waals surface area contributed by atoms with Crippen molar-refractivity contribution in [2.75, 3.05) is 30.6 Å². The molecule has 1 aromatic carbocycles. The van der Waals surface area contributed by atoms with Crippen LogP contribution in [0.4, 0.5) is 11.4 Å². The van der Waals surface area contributed by atoms with Crippen LogP contribution >= 0.6 is 23.2 Å². The molecule has 1 unspecified atom stereocenters. The largest absolute Gasteiger partial charge is 0.495 e. The van der Waals surface area contributed by atoms with Gasteiger partial charge in [0.1, 0.15) is 21.5 Å². The number of pyridine rings is 1. The number of hydrogen-bond donors (Lipinski definition) is 2. The maximum absolute atomic E-state index is 11.5. The van der Waals surface area contributed by atoms with Crippen LogP contribution in [0.15, 0.2) is 31.0 Å². The van der Waals surface area contributed by atoms with Gasteiger partial charge in [-0.1, -0.05) is 29.8 Å². The average molecular weight is 467 g/mol. The molecule has 0 aliphatic carbocycles. The van der Waals surface area contributed by atoms with E-state index in [1.165, 1.54) is 20.3 Å². The predicted molar refractivity (Wildman–Crippen MR) is 121 cm³/mol. The number of ether oxygens (including phenoxy) is 2. The zero-order chi connectivity index (χ0) is 22.7. The lowest BCUT2D eigenvalue weighted by molar-refractivity contribution is -0.116. The van der Waals surface area contributed by atoms with E-state index in [1.807, 2.05) is 13.0 Å². The van der Waals surface area contributed by atoms with E-state index in [9.17, 15) is 9.90 Å². The monoisotopic (exact) mass is 466 g/mol. The highest BCUT2D eigenvalue weighted by Crippen LogP contribution is 2.48. The molecule has 166 valence electrons. The summed E-state index contributed by atoms with van der Waals surface area (Å²) < 4.78 is 10.7. The molecule has 2 heterocycles. The fourth-order valence-corrected chi connectivity index (χ4v) is 4.18. The fourth-order valence-electron chi connectivity index (χ4n) is 3.46. The standard InChI is InChI=1S/C21H24Cl2N4O4/c1-5-17(28)25-10-13-7-14-12(9-24-13)11-27(21(29)26(14)6-2)20-18(22)15(30-3)8-16(31-4)19(20)23/h5,7-9,21,29H,1,6,10-11H2,2-4H3,(H,25,28). The average Bonchev–Trinajstić information content (AvgIpc) is 2.78. The summed E-state index contributed by atoms with van der Waals surface area (Å²) >= 11 is 13.1. The summed E-state index contributed by atoms with van der Waals surface area (Å²) in [5.74, 6) is 0.477. The quantitative estimate of drug-likeness (QED) is 0.604. The number of carbonyl (C=O) groups is 1. The van der Waals surface area contributed by atoms with Gasteiger partial charge in [-0.25, -0.2) is 0 Å². The smallest absolute Gasteiger partial charge is 0.243 e. The summed E-state index contributed by atoms with van der Waals surface area (Å²) in [6.07, 6.45) is 1.86. The predicted octanol–water partition coefficient (Wildman–Crippen LogP) is 3.33. The number of amides is 1. The van der Waals surface area contributed by atoms with E-state index >= 15 is 0 Å². The first-order chi connectivity index (χ1) is 14.9. The topological polar surface area (TPSA) is 87.2 Å². The number of aliphatic hydroxyl groups is 1. The molecule has 1 amide bonds. The van der Waals surface area contributed by atoms with E-state index in [4.69, 9.17) is 32.7 Å². The SMILES string of the molecule is C=CC(=O)NCc1cc2c(cn1)CN(c1c(Cl)c(OC)cc(OC)c1Cl)C(O)N2CC. The van der Waals surface area contributed by atoms with Gasteiger partial charge in [0.2, 0.25) is 12.3 Å². The number of hydrogen-bond acceptors (Lipinski definition) is 7. The highest BCUT2D eigenvalue weighted by Gasteiger charge is 2.34. The number of anilines is 2. The minimum absolute atomic E-state index is 0.250. The Labute approximate surface area is 191 Å². The number of benzene rings is 1. The number of rotatable bonds is 7. The van der Waals surface area contributed by atoms with Crippen molar-refractivity contribution in [1.82, 2.24) is 10.3 Å². The molecule has 1 aromatic heterocycles. The molecule has 0 saturated carbocycles. The van der Waals surface area contributed by atoms with Crippen LogP contribution in [0.5, 0.6) is 11.5 Å². The van der Waals surface area contributed by atoms with Crippen LogP contribution in [-0.4, -0.2) is 43.1 Å². The van der Waals surface area contributed by atoms with Crippen LogP contribution in [0.2, 0.25) is 10.0 Å². The molecule has 0 saturated heterocycles. The van der Waals surface area contributed by atoms with E-state index in [1.54, 1.807) is 22.1 Å². The third-order valence-corrected chi connectivity index (χ3v) is 5.76. The molecule has 31 heavy (non-hydrogen) atoms. The minimum atomic E-state index is -1.05. The van der Waals surface area contributed by atoms with Gasteiger partial charge in [-0.2, -0.15) is 0 Å². The van der Waals surface area contributed by atoms with Gasteiger partial charge < -0.3 is 29.7 Å². The Hall–Kier alpha value is -2.68. The Balaban J connectivity index is 2.03. The lowest BCUT2D eigenvalue weighted by atomic mass is 10.1. The van der Waals surface area contributed by atoms with Crippen LogP contribution in [0, 0.1) is 0 Å². The van der Waals surface area contributed by atoms with Gasteiger partial charge in [0, 0.05) is 30.1 Å². The summed E-state index contributed by atoms with van der Waals surface area (Å²) in [7, 11) is 2.99. The van der Waals surface area contributed by atoms with E-state index in [0.29, 0.717) is 36.0 Å². The number of nitrogens with one attached hydrogen (secondary N) is 1. The lowest BCUT2D eigenvalue weighted by Crippen LogP contribution is -2.52. The molecule has 2 aromatic rings. The first-order valence-corrected chi connectivity index (χ1v) is 10.3. The van der Waals surface area contributed by atoms with Gasteiger partial charge in [-0.15, -0.1) is 0 Å². The molecule has 2 N–H and O–H groups in total. The number of nitrogens with zero attached hydrogens (tertiary/aromatic N) is 3. The molecule has 3 rings (SSSR count). The normalized spacial score (nSPS) is 15.4. The number of carbonyl (C=O) groups excluding carboxylic acids is 1. The molecular weight excluding hydrogens is 443 g/mol. The van der Waals surface area contributed by atoms with Crippen molar-refractivity contribution in [1.29, 1.82) is 0 Å². The molecule has 8 nitrogen and oxygen atoms in total. The molecule has 0 radical (unpaired) electrons. The third-order valence-electron chi connectivity index (χ3n) is 5.03. The first kappa shape index (κ1) is 23.0. The van der Waals surface area contributed by atoms with E-state index in [2.05, 4.69) is 16.9 Å². The van der Waals surface area contributed by atoms with Gasteiger partial charge in [-0.05, 0) is 19.1 Å². The minimum Gasteiger partial charge on any atom is -0.495 e. The number of aromatic nitrogens is 1. The Bertz CT molecular complexity index is 974. The fraction of sp³-hybridized carbons (Fsp3) is 0.333. The highest BCUT2D eigenvalue weighted by molar-refractivity contribution is 6.41. The van der Waals surface area contributed by atoms with E-state index < -0.39 is 6.35 Å². The maximum atomic E-state index is 11.5. The molecule has 0 fully saturated rings. The van der Waals surface area contributed by atoms with Crippen molar-refractivity contribution < 1.29 is 19.4 Å². The molecule has 1 aliphatic heterocycles. The van der Waals surface area contributed by atoms with Crippen LogP contribution in [0.25, 0.3) is 0 Å². The molecule has 0 spiro atoms. The summed E-state index contributed by atoms with van der Waals surface area (Å²) in [5.41, 5.74) is 2.73. The van der Waals surface area contributed by atoms with Crippen molar-refractivity contribution in [3.63, 3.8) is 0 Å². The molecule has 1 atom stereocenters. The van der Waals surface area contributed by atoms with Crippen LogP contribution in [-0.2, 0) is 17.9 Å². The van der Waals surface area contributed by atoms with Gasteiger partial charge in [0.25, 0.3) is 0 Å². The summed E-state index contributed by atoms with van der Waals surface area (Å²) in [4.78, 5) is 19.3. The Kier molecular flexibility index (Phi) is 7.15. The molecule has 0 bridgehead atoms. The maximum Gasteiger partial charge on any atom is 0.243 e. The van der Waals surface area contributed by atoms with Gasteiger partial charge >= 0.3 is 0 Å². The molecule has 1 aliphatic rings. The highest BCUT2D eigenvalue weighted by atomic mass is 35.5. The Morgan fingerprint density at radius 3 is 2.52 bits per heavy atom. The van der Waals surface area contributed by atoms with Crippen molar-refractivity contribution in [2.45, 2.75) is 26.4 Å². The summed E-state index contributed by atoms with van der Waals surface area (Å²) in [6.45, 7) is 6.41. The Morgan fingerprint density at radius 1 is 1.32 bits per heavy atom. The van der Waals surface area contributed by atoms with Crippen molar-refractivity contribution in [3.8, 4) is 11.5 Å². The van der Waals surface area contributed by atoms with E-state index in [-0.39, 0.29) is 22.5 Å². The van der Waals surface area contributed by atoms with Crippen molar-refractivity contribution in [2.24, 2.45) is 0 Å². The van der Waals surface area contributed by atoms with Crippen molar-refractivity contribution in [3.05, 3.63) is 52.3 Å². The number of aliphatic hydroxyl groups excluding tert-OH is 1. The second kappa shape index (κ2) is 9.64. The Morgan fingerprint density at radius 2 is 1.97 bits per heavy atom. The number of fused-ring (bicyclic) bond motifs is 1. The summed E-state index contributed by atoms with van der Waals surface area (Å²) in [6, 6.07) is 3.44.